The summed E-state index contributed by atoms with van der Waals surface area (Å²) in [7, 11) is 1.68. The van der Waals surface area contributed by atoms with Gasteiger partial charge in [0, 0.05) is 24.7 Å². The van der Waals surface area contributed by atoms with Gasteiger partial charge in [-0.15, -0.1) is 0 Å². The fourth-order valence-corrected chi connectivity index (χ4v) is 3.35. The predicted octanol–water partition coefficient (Wildman–Crippen LogP) is 4.20. The number of aromatic amines is 1. The molecule has 3 aromatic rings. The first-order valence-electron chi connectivity index (χ1n) is 8.39. The van der Waals surface area contributed by atoms with Crippen LogP contribution >= 0.6 is 11.6 Å². The zero-order valence-corrected chi connectivity index (χ0v) is 15.6. The van der Waals surface area contributed by atoms with Crippen LogP contribution in [0.15, 0.2) is 47.3 Å². The minimum absolute atomic E-state index is 0.0539. The third kappa shape index (κ3) is 2.95. The SMILES string of the molecule is CCN(C(=O)c1c(NC)c2c(Cl)c(C)ccc2[nH]c1=O)c1ccccc1. The molecule has 1 amide bonds. The zero-order chi connectivity index (χ0) is 18.8. The van der Waals surface area contributed by atoms with Gasteiger partial charge in [0.05, 0.1) is 16.2 Å². The Balaban J connectivity index is 2.27. The van der Waals surface area contributed by atoms with Crippen LogP contribution in [-0.2, 0) is 0 Å². The number of nitrogens with zero attached hydrogens (tertiary/aromatic N) is 1. The van der Waals surface area contributed by atoms with E-state index in [2.05, 4.69) is 10.3 Å². The second-order valence-electron chi connectivity index (χ2n) is 5.96. The number of hydrogen-bond acceptors (Lipinski definition) is 3. The molecule has 3 rings (SSSR count). The van der Waals surface area contributed by atoms with Gasteiger partial charge in [-0.1, -0.05) is 35.9 Å². The van der Waals surface area contributed by atoms with E-state index < -0.39 is 5.56 Å². The molecule has 2 N–H and O–H groups in total. The Kier molecular flexibility index (Phi) is 5.00. The lowest BCUT2D eigenvalue weighted by Gasteiger charge is -2.22. The summed E-state index contributed by atoms with van der Waals surface area (Å²) in [6, 6.07) is 12.9. The number of carbonyl (C=O) groups excluding carboxylic acids is 1. The lowest BCUT2D eigenvalue weighted by molar-refractivity contribution is 0.0988. The monoisotopic (exact) mass is 369 g/mol. The van der Waals surface area contributed by atoms with Crippen molar-refractivity contribution in [1.29, 1.82) is 0 Å². The molecule has 2 aromatic carbocycles. The summed E-state index contributed by atoms with van der Waals surface area (Å²) in [6.07, 6.45) is 0. The molecule has 1 heterocycles. The molecule has 0 atom stereocenters. The van der Waals surface area contributed by atoms with Crippen LogP contribution in [0.25, 0.3) is 10.9 Å². The summed E-state index contributed by atoms with van der Waals surface area (Å²) in [6.45, 7) is 4.19. The molecule has 0 aliphatic rings. The molecule has 5 nitrogen and oxygen atoms in total. The third-order valence-electron chi connectivity index (χ3n) is 4.40. The number of aromatic nitrogens is 1. The Morgan fingerprint density at radius 2 is 1.88 bits per heavy atom. The number of aryl methyl sites for hydroxylation is 1. The highest BCUT2D eigenvalue weighted by molar-refractivity contribution is 6.37. The standard InChI is InChI=1S/C20H20ClN3O2/c1-4-24(13-8-6-5-7-9-13)20(26)16-18(22-3)15-14(23-19(16)25)11-10-12(2)17(15)21/h5-11H,4H2,1-3H3,(H2,22,23,25). The molecular formula is C20H20ClN3O2. The molecule has 1 aromatic heterocycles. The summed E-state index contributed by atoms with van der Waals surface area (Å²) in [5.41, 5.74) is 2.25. The Hall–Kier alpha value is -2.79. The van der Waals surface area contributed by atoms with Gasteiger partial charge in [0.25, 0.3) is 11.5 Å². The lowest BCUT2D eigenvalue weighted by Crippen LogP contribution is -2.35. The molecule has 134 valence electrons. The van der Waals surface area contributed by atoms with Crippen molar-refractivity contribution in [1.82, 2.24) is 4.98 Å². The fourth-order valence-electron chi connectivity index (χ4n) is 3.09. The number of halogens is 1. The van der Waals surface area contributed by atoms with Crippen LogP contribution < -0.4 is 15.8 Å². The van der Waals surface area contributed by atoms with E-state index in [1.807, 2.05) is 50.2 Å². The van der Waals surface area contributed by atoms with Crippen molar-refractivity contribution >= 4 is 39.8 Å². The van der Waals surface area contributed by atoms with Gasteiger partial charge in [-0.25, -0.2) is 0 Å². The highest BCUT2D eigenvalue weighted by atomic mass is 35.5. The zero-order valence-electron chi connectivity index (χ0n) is 14.9. The number of nitrogens with one attached hydrogen (secondary N) is 2. The first kappa shape index (κ1) is 18.0. The Morgan fingerprint density at radius 3 is 2.50 bits per heavy atom. The first-order valence-corrected chi connectivity index (χ1v) is 8.77. The number of benzene rings is 2. The van der Waals surface area contributed by atoms with Crippen molar-refractivity contribution in [2.24, 2.45) is 0 Å². The summed E-state index contributed by atoms with van der Waals surface area (Å²) in [5.74, 6) is -0.372. The van der Waals surface area contributed by atoms with Gasteiger partial charge in [0.15, 0.2) is 0 Å². The average molecular weight is 370 g/mol. The first-order chi connectivity index (χ1) is 12.5. The van der Waals surface area contributed by atoms with Crippen molar-refractivity contribution in [2.75, 3.05) is 23.8 Å². The molecule has 0 aliphatic heterocycles. The molecule has 0 aliphatic carbocycles. The number of anilines is 2. The van der Waals surface area contributed by atoms with Crippen LogP contribution in [0.2, 0.25) is 5.02 Å². The molecule has 0 unspecified atom stereocenters. The highest BCUT2D eigenvalue weighted by Gasteiger charge is 2.25. The van der Waals surface area contributed by atoms with Crippen molar-refractivity contribution in [3.05, 3.63) is 69.0 Å². The minimum Gasteiger partial charge on any atom is -0.387 e. The maximum Gasteiger partial charge on any atom is 0.266 e. The summed E-state index contributed by atoms with van der Waals surface area (Å²) < 4.78 is 0. The van der Waals surface area contributed by atoms with Crippen LogP contribution in [0.4, 0.5) is 11.4 Å². The molecule has 0 saturated carbocycles. The van der Waals surface area contributed by atoms with Gasteiger partial charge in [0.2, 0.25) is 0 Å². The second kappa shape index (κ2) is 7.22. The van der Waals surface area contributed by atoms with Crippen LogP contribution in [0.5, 0.6) is 0 Å². The van der Waals surface area contributed by atoms with Gasteiger partial charge in [-0.2, -0.15) is 0 Å². The Labute approximate surface area is 156 Å². The number of rotatable bonds is 4. The molecule has 0 radical (unpaired) electrons. The number of carbonyl (C=O) groups is 1. The van der Waals surface area contributed by atoms with Gasteiger partial charge in [0.1, 0.15) is 5.56 Å². The lowest BCUT2D eigenvalue weighted by atomic mass is 10.0. The number of para-hydroxylation sites is 1. The number of H-pyrrole nitrogens is 1. The molecule has 0 spiro atoms. The highest BCUT2D eigenvalue weighted by Crippen LogP contribution is 2.33. The van der Waals surface area contributed by atoms with E-state index in [0.29, 0.717) is 28.2 Å². The number of pyridine rings is 1. The van der Waals surface area contributed by atoms with Crippen molar-refractivity contribution in [3.63, 3.8) is 0 Å². The molecule has 0 saturated heterocycles. The van der Waals surface area contributed by atoms with Crippen molar-refractivity contribution in [3.8, 4) is 0 Å². The van der Waals surface area contributed by atoms with Crippen LogP contribution in [0.3, 0.4) is 0 Å². The van der Waals surface area contributed by atoms with Crippen LogP contribution in [0.1, 0.15) is 22.8 Å². The summed E-state index contributed by atoms with van der Waals surface area (Å²) >= 11 is 6.48. The van der Waals surface area contributed by atoms with E-state index in [1.54, 1.807) is 18.0 Å². The molecule has 0 bridgehead atoms. The molecule has 26 heavy (non-hydrogen) atoms. The Morgan fingerprint density at radius 1 is 1.19 bits per heavy atom. The predicted molar refractivity (Wildman–Crippen MR) is 108 cm³/mol. The average Bonchev–Trinajstić information content (AvgIpc) is 2.65. The molecule has 0 fully saturated rings. The van der Waals surface area contributed by atoms with Gasteiger partial charge in [-0.3, -0.25) is 9.59 Å². The second-order valence-corrected chi connectivity index (χ2v) is 6.34. The number of amides is 1. The maximum atomic E-state index is 13.2. The van der Waals surface area contributed by atoms with E-state index in [4.69, 9.17) is 11.6 Å². The van der Waals surface area contributed by atoms with Crippen LogP contribution in [-0.4, -0.2) is 24.5 Å². The smallest absolute Gasteiger partial charge is 0.266 e. The number of hydrogen-bond donors (Lipinski definition) is 2. The van der Waals surface area contributed by atoms with E-state index >= 15 is 0 Å². The van der Waals surface area contributed by atoms with Crippen LogP contribution in [0, 0.1) is 6.92 Å². The van der Waals surface area contributed by atoms with E-state index in [-0.39, 0.29) is 11.5 Å². The largest absolute Gasteiger partial charge is 0.387 e. The van der Waals surface area contributed by atoms with E-state index in [0.717, 1.165) is 11.3 Å². The summed E-state index contributed by atoms with van der Waals surface area (Å²) in [4.78, 5) is 30.3. The molecular weight excluding hydrogens is 350 g/mol. The quantitative estimate of drug-likeness (QED) is 0.724. The van der Waals surface area contributed by atoms with Crippen molar-refractivity contribution < 1.29 is 4.79 Å². The maximum absolute atomic E-state index is 13.2. The molecule has 6 heteroatoms. The van der Waals surface area contributed by atoms with Gasteiger partial charge >= 0.3 is 0 Å². The van der Waals surface area contributed by atoms with E-state index in [1.165, 1.54) is 0 Å². The fraction of sp³-hybridized carbons (Fsp3) is 0.200. The summed E-state index contributed by atoms with van der Waals surface area (Å²) in [5, 5.41) is 4.16. The Bertz CT molecular complexity index is 1030. The normalized spacial score (nSPS) is 10.8. The van der Waals surface area contributed by atoms with Gasteiger partial charge < -0.3 is 15.2 Å². The topological polar surface area (TPSA) is 65.2 Å². The minimum atomic E-state index is -0.443. The van der Waals surface area contributed by atoms with E-state index in [9.17, 15) is 9.59 Å². The van der Waals surface area contributed by atoms with Gasteiger partial charge in [-0.05, 0) is 37.6 Å². The number of fused-ring (bicyclic) bond motifs is 1. The third-order valence-corrected chi connectivity index (χ3v) is 4.89. The van der Waals surface area contributed by atoms with Crippen molar-refractivity contribution in [2.45, 2.75) is 13.8 Å².